The number of carbonyl (C=O) groups is 1. The molecule has 0 saturated carbocycles. The zero-order chi connectivity index (χ0) is 20.7. The number of pyridine rings is 1. The fraction of sp³-hybridized carbons (Fsp3) is 0.143. The van der Waals surface area contributed by atoms with Gasteiger partial charge in [-0.1, -0.05) is 35.9 Å². The van der Waals surface area contributed by atoms with Gasteiger partial charge in [-0.05, 0) is 53.9 Å². The number of carbonyl (C=O) groups excluding carboxylic acids is 1. The van der Waals surface area contributed by atoms with Crippen molar-refractivity contribution >= 4 is 33.2 Å². The van der Waals surface area contributed by atoms with E-state index in [-0.39, 0.29) is 23.8 Å². The summed E-state index contributed by atoms with van der Waals surface area (Å²) in [5, 5.41) is 3.30. The maximum atomic E-state index is 12.3. The number of hydrogen-bond donors (Lipinski definition) is 2. The fourth-order valence-corrected chi connectivity index (χ4v) is 3.83. The van der Waals surface area contributed by atoms with Gasteiger partial charge in [-0.25, -0.2) is 13.1 Å². The second-order valence-electron chi connectivity index (χ2n) is 6.38. The minimum Gasteiger partial charge on any atom is -0.326 e. The Bertz CT molecular complexity index is 1050. The fourth-order valence-electron chi connectivity index (χ4n) is 2.68. The first kappa shape index (κ1) is 21.0. The van der Waals surface area contributed by atoms with Gasteiger partial charge in [0.2, 0.25) is 15.9 Å². The van der Waals surface area contributed by atoms with E-state index >= 15 is 0 Å². The SMILES string of the molecule is O=C(Cc1ccc(CCNS(=O)(=O)c2ccc(Cl)cc2)cc1)Nc1ccncc1. The van der Waals surface area contributed by atoms with Crippen LogP contribution in [0.1, 0.15) is 11.1 Å². The van der Waals surface area contributed by atoms with Gasteiger partial charge in [-0.15, -0.1) is 0 Å². The third kappa shape index (κ3) is 6.39. The average molecular weight is 430 g/mol. The van der Waals surface area contributed by atoms with E-state index in [0.29, 0.717) is 17.1 Å². The first-order valence-electron chi connectivity index (χ1n) is 8.95. The van der Waals surface area contributed by atoms with Crippen LogP contribution in [-0.2, 0) is 27.7 Å². The average Bonchev–Trinajstić information content (AvgIpc) is 2.70. The molecule has 3 rings (SSSR count). The van der Waals surface area contributed by atoms with Gasteiger partial charge in [0, 0.05) is 29.6 Å². The van der Waals surface area contributed by atoms with E-state index in [4.69, 9.17) is 11.6 Å². The van der Waals surface area contributed by atoms with Crippen LogP contribution in [0.3, 0.4) is 0 Å². The van der Waals surface area contributed by atoms with Gasteiger partial charge < -0.3 is 5.32 Å². The van der Waals surface area contributed by atoms with Gasteiger partial charge >= 0.3 is 0 Å². The lowest BCUT2D eigenvalue weighted by Crippen LogP contribution is -2.25. The normalized spacial score (nSPS) is 11.2. The van der Waals surface area contributed by atoms with Crippen molar-refractivity contribution in [2.24, 2.45) is 0 Å². The van der Waals surface area contributed by atoms with E-state index in [2.05, 4.69) is 15.0 Å². The molecule has 0 aliphatic carbocycles. The number of rotatable bonds is 8. The molecule has 1 heterocycles. The molecule has 0 unspecified atom stereocenters. The van der Waals surface area contributed by atoms with Gasteiger partial charge in [0.15, 0.2) is 0 Å². The molecule has 0 aliphatic rings. The van der Waals surface area contributed by atoms with Crippen molar-refractivity contribution < 1.29 is 13.2 Å². The smallest absolute Gasteiger partial charge is 0.240 e. The Labute approximate surface area is 175 Å². The lowest BCUT2D eigenvalue weighted by Gasteiger charge is -2.08. The Morgan fingerprint density at radius 2 is 1.52 bits per heavy atom. The molecule has 6 nitrogen and oxygen atoms in total. The number of amides is 1. The molecule has 2 aromatic carbocycles. The monoisotopic (exact) mass is 429 g/mol. The number of nitrogens with zero attached hydrogens (tertiary/aromatic N) is 1. The zero-order valence-corrected chi connectivity index (χ0v) is 17.1. The van der Waals surface area contributed by atoms with E-state index in [1.54, 1.807) is 36.7 Å². The first-order chi connectivity index (χ1) is 13.9. The summed E-state index contributed by atoms with van der Waals surface area (Å²) in [5.74, 6) is -0.111. The highest BCUT2D eigenvalue weighted by atomic mass is 35.5. The summed E-state index contributed by atoms with van der Waals surface area (Å²) >= 11 is 5.79. The Morgan fingerprint density at radius 1 is 0.897 bits per heavy atom. The van der Waals surface area contributed by atoms with Crippen molar-refractivity contribution in [3.63, 3.8) is 0 Å². The van der Waals surface area contributed by atoms with Crippen LogP contribution in [0.5, 0.6) is 0 Å². The first-order valence-corrected chi connectivity index (χ1v) is 10.8. The number of hydrogen-bond acceptors (Lipinski definition) is 4. The van der Waals surface area contributed by atoms with Gasteiger partial charge in [0.05, 0.1) is 11.3 Å². The van der Waals surface area contributed by atoms with Crippen LogP contribution in [0.4, 0.5) is 5.69 Å². The molecule has 150 valence electrons. The van der Waals surface area contributed by atoms with E-state index in [1.165, 1.54) is 12.1 Å². The van der Waals surface area contributed by atoms with Crippen LogP contribution in [0.2, 0.25) is 5.02 Å². The summed E-state index contributed by atoms with van der Waals surface area (Å²) < 4.78 is 27.1. The van der Waals surface area contributed by atoms with Crippen LogP contribution < -0.4 is 10.0 Å². The van der Waals surface area contributed by atoms with Gasteiger partial charge in [0.1, 0.15) is 0 Å². The second kappa shape index (κ2) is 9.65. The number of nitrogens with one attached hydrogen (secondary N) is 2. The third-order valence-electron chi connectivity index (χ3n) is 4.18. The van der Waals surface area contributed by atoms with E-state index in [9.17, 15) is 13.2 Å². The molecule has 3 aromatic rings. The molecule has 1 aromatic heterocycles. The topological polar surface area (TPSA) is 88.2 Å². The maximum absolute atomic E-state index is 12.3. The summed E-state index contributed by atoms with van der Waals surface area (Å²) in [7, 11) is -3.57. The van der Waals surface area contributed by atoms with Crippen LogP contribution >= 0.6 is 11.6 Å². The van der Waals surface area contributed by atoms with Crippen molar-refractivity contribution in [3.05, 3.63) is 89.2 Å². The van der Waals surface area contributed by atoms with E-state index in [1.807, 2.05) is 24.3 Å². The lowest BCUT2D eigenvalue weighted by atomic mass is 10.1. The molecule has 0 radical (unpaired) electrons. The highest BCUT2D eigenvalue weighted by Gasteiger charge is 2.13. The van der Waals surface area contributed by atoms with Crippen LogP contribution in [-0.4, -0.2) is 25.9 Å². The van der Waals surface area contributed by atoms with Crippen molar-refractivity contribution in [1.82, 2.24) is 9.71 Å². The minimum atomic E-state index is -3.57. The zero-order valence-electron chi connectivity index (χ0n) is 15.5. The number of halogens is 1. The predicted octanol–water partition coefficient (Wildman–Crippen LogP) is 3.44. The van der Waals surface area contributed by atoms with Gasteiger partial charge in [-0.3, -0.25) is 9.78 Å². The number of benzene rings is 2. The van der Waals surface area contributed by atoms with E-state index < -0.39 is 10.0 Å². The summed E-state index contributed by atoms with van der Waals surface area (Å²) in [4.78, 5) is 16.2. The Balaban J connectivity index is 1.49. The number of aromatic nitrogens is 1. The minimum absolute atomic E-state index is 0.111. The molecule has 0 saturated heterocycles. The van der Waals surface area contributed by atoms with Crippen molar-refractivity contribution in [2.75, 3.05) is 11.9 Å². The standard InChI is InChI=1S/C21H20ClN3O3S/c22-18-5-7-20(8-6-18)29(27,28)24-14-9-16-1-3-17(4-2-16)15-21(26)25-19-10-12-23-13-11-19/h1-8,10-13,24H,9,14-15H2,(H,23,25,26). The van der Waals surface area contributed by atoms with Gasteiger partial charge in [0.25, 0.3) is 0 Å². The summed E-state index contributed by atoms with van der Waals surface area (Å²) in [6.45, 7) is 0.271. The number of sulfonamides is 1. The molecule has 29 heavy (non-hydrogen) atoms. The third-order valence-corrected chi connectivity index (χ3v) is 5.91. The lowest BCUT2D eigenvalue weighted by molar-refractivity contribution is -0.115. The van der Waals surface area contributed by atoms with Gasteiger partial charge in [-0.2, -0.15) is 0 Å². The van der Waals surface area contributed by atoms with Crippen LogP contribution in [0.15, 0.2) is 78.0 Å². The van der Waals surface area contributed by atoms with Crippen LogP contribution in [0, 0.1) is 0 Å². The highest BCUT2D eigenvalue weighted by Crippen LogP contribution is 2.14. The molecular weight excluding hydrogens is 410 g/mol. The van der Waals surface area contributed by atoms with E-state index in [0.717, 1.165) is 11.1 Å². The molecular formula is C21H20ClN3O3S. The summed E-state index contributed by atoms with van der Waals surface area (Å²) in [6, 6.07) is 17.0. The van der Waals surface area contributed by atoms with Crippen molar-refractivity contribution in [2.45, 2.75) is 17.7 Å². The molecule has 0 bridgehead atoms. The molecule has 8 heteroatoms. The molecule has 0 spiro atoms. The maximum Gasteiger partial charge on any atom is 0.240 e. The predicted molar refractivity (Wildman–Crippen MR) is 113 cm³/mol. The summed E-state index contributed by atoms with van der Waals surface area (Å²) in [5.41, 5.74) is 2.55. The van der Waals surface area contributed by atoms with Crippen molar-refractivity contribution in [1.29, 1.82) is 0 Å². The quantitative estimate of drug-likeness (QED) is 0.574. The summed E-state index contributed by atoms with van der Waals surface area (Å²) in [6.07, 6.45) is 4.03. The molecule has 2 N–H and O–H groups in total. The second-order valence-corrected chi connectivity index (χ2v) is 8.58. The molecule has 1 amide bonds. The Morgan fingerprint density at radius 3 is 2.17 bits per heavy atom. The highest BCUT2D eigenvalue weighted by molar-refractivity contribution is 7.89. The Kier molecular flexibility index (Phi) is 6.98. The largest absolute Gasteiger partial charge is 0.326 e. The molecule has 0 aliphatic heterocycles. The van der Waals surface area contributed by atoms with Crippen molar-refractivity contribution in [3.8, 4) is 0 Å². The van der Waals surface area contributed by atoms with Crippen LogP contribution in [0.25, 0.3) is 0 Å². The molecule has 0 atom stereocenters. The number of anilines is 1. The Hall–Kier alpha value is -2.74. The molecule has 0 fully saturated rings.